The number of amides is 1. The van der Waals surface area contributed by atoms with Gasteiger partial charge in [0.1, 0.15) is 6.17 Å². The molecule has 1 N–H and O–H groups in total. The van der Waals surface area contributed by atoms with Gasteiger partial charge in [-0.2, -0.15) is 0 Å². The van der Waals surface area contributed by atoms with Crippen LogP contribution in [0, 0.1) is 12.8 Å². The van der Waals surface area contributed by atoms with E-state index in [-0.39, 0.29) is 5.91 Å². The monoisotopic (exact) mass is 250 g/mol. The number of aromatic nitrogens is 1. The van der Waals surface area contributed by atoms with Gasteiger partial charge in [-0.1, -0.05) is 17.4 Å². The van der Waals surface area contributed by atoms with Gasteiger partial charge in [-0.3, -0.25) is 4.79 Å². The highest BCUT2D eigenvalue weighted by Crippen LogP contribution is 2.35. The lowest BCUT2D eigenvalue weighted by Crippen LogP contribution is -2.14. The highest BCUT2D eigenvalue weighted by Gasteiger charge is 2.43. The summed E-state index contributed by atoms with van der Waals surface area (Å²) in [5, 5.41) is 3.22. The van der Waals surface area contributed by atoms with Gasteiger partial charge >= 0.3 is 0 Å². The molecule has 88 valence electrons. The Bertz CT molecular complexity index is 595. The Balaban J connectivity index is 1.83. The summed E-state index contributed by atoms with van der Waals surface area (Å²) in [7, 11) is 0. The van der Waals surface area contributed by atoms with Crippen LogP contribution in [0.1, 0.15) is 12.0 Å². The number of aryl methyl sites for hydroxylation is 1. The molecule has 0 bridgehead atoms. The Morgan fingerprint density at radius 3 is 3.06 bits per heavy atom. The fourth-order valence-corrected chi connectivity index (χ4v) is 2.57. The molecule has 5 heteroatoms. The number of nitrogens with one attached hydrogen (secondary N) is 1. The normalized spacial score (nSPS) is 22.7. The predicted molar refractivity (Wildman–Crippen MR) is 66.0 cm³/mol. The van der Waals surface area contributed by atoms with Crippen molar-refractivity contribution in [3.8, 4) is 0 Å². The lowest BCUT2D eigenvalue weighted by Gasteiger charge is -1.97. The molecule has 0 aliphatic heterocycles. The maximum absolute atomic E-state index is 12.7. The molecular formula is C12H11FN2OS. The van der Waals surface area contributed by atoms with Crippen molar-refractivity contribution in [3.63, 3.8) is 0 Å². The number of carbonyl (C=O) groups excluding carboxylic acids is 1. The molecule has 1 aromatic heterocycles. The first-order valence-electron chi connectivity index (χ1n) is 5.45. The molecule has 0 unspecified atom stereocenters. The number of hydrogen-bond acceptors (Lipinski definition) is 3. The topological polar surface area (TPSA) is 42.0 Å². The minimum Gasteiger partial charge on any atom is -0.302 e. The molecule has 1 aliphatic rings. The van der Waals surface area contributed by atoms with Crippen molar-refractivity contribution in [3.05, 3.63) is 23.8 Å². The molecule has 0 radical (unpaired) electrons. The summed E-state index contributed by atoms with van der Waals surface area (Å²) in [6.45, 7) is 1.99. The molecule has 2 atom stereocenters. The van der Waals surface area contributed by atoms with Crippen LogP contribution in [0.15, 0.2) is 18.2 Å². The van der Waals surface area contributed by atoms with Crippen molar-refractivity contribution in [2.45, 2.75) is 19.5 Å². The number of halogens is 1. The quantitative estimate of drug-likeness (QED) is 0.890. The summed E-state index contributed by atoms with van der Waals surface area (Å²) in [5.74, 6) is -0.725. The number of thiazole rings is 1. The van der Waals surface area contributed by atoms with Crippen LogP contribution in [0.25, 0.3) is 10.2 Å². The van der Waals surface area contributed by atoms with Crippen LogP contribution in [0.5, 0.6) is 0 Å². The van der Waals surface area contributed by atoms with Crippen LogP contribution < -0.4 is 5.32 Å². The Morgan fingerprint density at radius 2 is 2.35 bits per heavy atom. The van der Waals surface area contributed by atoms with Crippen molar-refractivity contribution < 1.29 is 9.18 Å². The second-order valence-corrected chi connectivity index (χ2v) is 5.37. The van der Waals surface area contributed by atoms with Gasteiger partial charge in [-0.25, -0.2) is 9.37 Å². The van der Waals surface area contributed by atoms with Crippen molar-refractivity contribution >= 4 is 32.6 Å². The molecule has 1 saturated carbocycles. The molecule has 1 fully saturated rings. The zero-order valence-electron chi connectivity index (χ0n) is 9.24. The Hall–Kier alpha value is -1.49. The van der Waals surface area contributed by atoms with Gasteiger partial charge in [0, 0.05) is 0 Å². The molecule has 3 rings (SSSR count). The van der Waals surface area contributed by atoms with E-state index >= 15 is 0 Å². The van der Waals surface area contributed by atoms with Crippen molar-refractivity contribution in [2.75, 3.05) is 5.32 Å². The third-order valence-electron chi connectivity index (χ3n) is 2.82. The molecule has 2 aromatic rings. The first-order chi connectivity index (χ1) is 8.13. The van der Waals surface area contributed by atoms with Crippen LogP contribution in [-0.2, 0) is 4.79 Å². The first-order valence-corrected chi connectivity index (χ1v) is 6.27. The van der Waals surface area contributed by atoms with E-state index < -0.39 is 12.1 Å². The second kappa shape index (κ2) is 3.77. The van der Waals surface area contributed by atoms with Gasteiger partial charge in [0.05, 0.1) is 16.1 Å². The van der Waals surface area contributed by atoms with Crippen molar-refractivity contribution in [2.24, 2.45) is 5.92 Å². The van der Waals surface area contributed by atoms with E-state index in [1.165, 1.54) is 11.3 Å². The summed E-state index contributed by atoms with van der Waals surface area (Å²) >= 11 is 1.42. The fourth-order valence-electron chi connectivity index (χ4n) is 1.72. The van der Waals surface area contributed by atoms with E-state index in [2.05, 4.69) is 10.3 Å². The lowest BCUT2D eigenvalue weighted by molar-refractivity contribution is -0.117. The molecular weight excluding hydrogens is 239 g/mol. The standard InChI is InChI=1S/C12H11FN2OS/c1-6-2-3-10-9(4-6)14-12(17-10)15-11(16)7-5-8(7)13/h2-4,7-8H,5H2,1H3,(H,14,15,16)/t7-,8+/m1/s1. The van der Waals surface area contributed by atoms with Crippen LogP contribution in [0.2, 0.25) is 0 Å². The molecule has 0 saturated heterocycles. The van der Waals surface area contributed by atoms with E-state index in [1.54, 1.807) is 0 Å². The van der Waals surface area contributed by atoms with E-state index in [0.717, 1.165) is 15.8 Å². The van der Waals surface area contributed by atoms with Crippen LogP contribution in [0.4, 0.5) is 9.52 Å². The van der Waals surface area contributed by atoms with E-state index in [9.17, 15) is 9.18 Å². The maximum Gasteiger partial charge on any atom is 0.232 e. The third kappa shape index (κ3) is 2.02. The molecule has 1 amide bonds. The number of carbonyl (C=O) groups is 1. The third-order valence-corrected chi connectivity index (χ3v) is 3.77. The van der Waals surface area contributed by atoms with Crippen molar-refractivity contribution in [1.82, 2.24) is 4.98 Å². The Kier molecular flexibility index (Phi) is 2.36. The van der Waals surface area contributed by atoms with E-state index in [1.807, 2.05) is 25.1 Å². The van der Waals surface area contributed by atoms with Gasteiger partial charge < -0.3 is 5.32 Å². The molecule has 3 nitrogen and oxygen atoms in total. The molecule has 17 heavy (non-hydrogen) atoms. The van der Waals surface area contributed by atoms with Crippen LogP contribution >= 0.6 is 11.3 Å². The highest BCUT2D eigenvalue weighted by atomic mass is 32.1. The van der Waals surface area contributed by atoms with Gasteiger partial charge in [0.2, 0.25) is 5.91 Å². The molecule has 0 spiro atoms. The maximum atomic E-state index is 12.7. The first kappa shape index (κ1) is 10.7. The van der Waals surface area contributed by atoms with Gasteiger partial charge in [-0.05, 0) is 31.0 Å². The number of benzene rings is 1. The molecule has 1 aromatic carbocycles. The molecule has 1 heterocycles. The number of fused-ring (bicyclic) bond motifs is 1. The predicted octanol–water partition coefficient (Wildman–Crippen LogP) is 2.90. The highest BCUT2D eigenvalue weighted by molar-refractivity contribution is 7.22. The number of rotatable bonds is 2. The number of alkyl halides is 1. The second-order valence-electron chi connectivity index (χ2n) is 4.34. The number of anilines is 1. The number of hydrogen-bond donors (Lipinski definition) is 1. The number of nitrogens with zero attached hydrogens (tertiary/aromatic N) is 1. The largest absolute Gasteiger partial charge is 0.302 e. The molecule has 1 aliphatic carbocycles. The summed E-state index contributed by atoms with van der Waals surface area (Å²) in [6, 6.07) is 5.95. The zero-order chi connectivity index (χ0) is 12.0. The van der Waals surface area contributed by atoms with E-state index in [0.29, 0.717) is 11.6 Å². The van der Waals surface area contributed by atoms with Gasteiger partial charge in [-0.15, -0.1) is 0 Å². The summed E-state index contributed by atoms with van der Waals surface area (Å²) in [5.41, 5.74) is 2.00. The summed E-state index contributed by atoms with van der Waals surface area (Å²) in [4.78, 5) is 15.9. The average molecular weight is 250 g/mol. The summed E-state index contributed by atoms with van der Waals surface area (Å²) in [6.07, 6.45) is -0.623. The van der Waals surface area contributed by atoms with Gasteiger partial charge in [0.25, 0.3) is 0 Å². The average Bonchev–Trinajstić information content (AvgIpc) is 2.87. The minimum atomic E-state index is -0.966. The summed E-state index contributed by atoms with van der Waals surface area (Å²) < 4.78 is 13.7. The van der Waals surface area contributed by atoms with Crippen molar-refractivity contribution in [1.29, 1.82) is 0 Å². The Morgan fingerprint density at radius 1 is 1.59 bits per heavy atom. The minimum absolute atomic E-state index is 0.256. The van der Waals surface area contributed by atoms with Gasteiger partial charge in [0.15, 0.2) is 5.13 Å². The van der Waals surface area contributed by atoms with Crippen LogP contribution in [-0.4, -0.2) is 17.1 Å². The smallest absolute Gasteiger partial charge is 0.232 e. The Labute approximate surface area is 102 Å². The SMILES string of the molecule is Cc1ccc2sc(NC(=O)[C@@H]3C[C@@H]3F)nc2c1. The fraction of sp³-hybridized carbons (Fsp3) is 0.333. The lowest BCUT2D eigenvalue weighted by atomic mass is 10.2. The zero-order valence-corrected chi connectivity index (χ0v) is 10.1. The van der Waals surface area contributed by atoms with Crippen LogP contribution in [0.3, 0.4) is 0 Å². The van der Waals surface area contributed by atoms with E-state index in [4.69, 9.17) is 0 Å².